The molecule has 0 atom stereocenters. The van der Waals surface area contributed by atoms with E-state index in [1.165, 1.54) is 5.56 Å². The lowest BCUT2D eigenvalue weighted by Crippen LogP contribution is -1.98. The van der Waals surface area contributed by atoms with Crippen LogP contribution in [0.3, 0.4) is 0 Å². The van der Waals surface area contributed by atoms with Crippen LogP contribution in [0.5, 0.6) is 17.2 Å². The van der Waals surface area contributed by atoms with Crippen molar-refractivity contribution in [2.75, 3.05) is 6.61 Å². The average molecular weight is 380 g/mol. The maximum absolute atomic E-state index is 6.19. The summed E-state index contributed by atoms with van der Waals surface area (Å²) in [6.45, 7) is 8.64. The van der Waals surface area contributed by atoms with Crippen molar-refractivity contribution in [2.45, 2.75) is 34.1 Å². The van der Waals surface area contributed by atoms with Crippen LogP contribution < -0.4 is 9.47 Å². The van der Waals surface area contributed by atoms with E-state index in [4.69, 9.17) is 26.1 Å². The highest BCUT2D eigenvalue weighted by molar-refractivity contribution is 6.30. The minimum Gasteiger partial charge on any atom is -0.481 e. The van der Waals surface area contributed by atoms with Crippen LogP contribution in [0, 0.1) is 32.1 Å². The number of aryl methyl sites for hydroxylation is 4. The molecule has 1 heterocycles. The molecule has 3 nitrogen and oxygen atoms in total. The van der Waals surface area contributed by atoms with Gasteiger partial charge in [-0.3, -0.25) is 4.98 Å². The summed E-state index contributed by atoms with van der Waals surface area (Å²) in [4.78, 5) is 4.82. The standard InChI is InChI=1S/C23H22ClNO2/c1-5-21-15(2)13-20-17(4)23(16(3)14-22(20)25-21)27-19-9-7-18(8-10-19)26-12-6-11-24/h7-10,13-14H,5,12H2,1-4H3. The van der Waals surface area contributed by atoms with E-state index in [1.807, 2.05) is 24.3 Å². The van der Waals surface area contributed by atoms with Crippen LogP contribution in [-0.4, -0.2) is 11.6 Å². The highest BCUT2D eigenvalue weighted by Gasteiger charge is 2.13. The number of benzene rings is 2. The van der Waals surface area contributed by atoms with Crippen molar-refractivity contribution in [1.29, 1.82) is 0 Å². The summed E-state index contributed by atoms with van der Waals surface area (Å²) in [6.07, 6.45) is 0.934. The van der Waals surface area contributed by atoms with Gasteiger partial charge in [0.1, 0.15) is 23.9 Å². The summed E-state index contributed by atoms with van der Waals surface area (Å²) in [5.74, 6) is 5.00. The first kappa shape index (κ1) is 19.1. The topological polar surface area (TPSA) is 31.4 Å². The monoisotopic (exact) mass is 379 g/mol. The third-order valence-electron chi connectivity index (χ3n) is 4.56. The fourth-order valence-corrected chi connectivity index (χ4v) is 3.20. The van der Waals surface area contributed by atoms with E-state index in [2.05, 4.69) is 51.1 Å². The van der Waals surface area contributed by atoms with Gasteiger partial charge in [0.25, 0.3) is 0 Å². The SMILES string of the molecule is CCc1nc2cc(C)c(Oc3ccc(OCC#CCl)cc3)c(C)c2cc1C. The van der Waals surface area contributed by atoms with Crippen LogP contribution in [0.1, 0.15) is 29.3 Å². The molecule has 0 saturated carbocycles. The quantitative estimate of drug-likeness (QED) is 0.502. The number of rotatable bonds is 5. The molecule has 3 aromatic rings. The molecule has 0 bridgehead atoms. The molecule has 0 amide bonds. The van der Waals surface area contributed by atoms with E-state index >= 15 is 0 Å². The molecule has 0 saturated heterocycles. The zero-order valence-corrected chi connectivity index (χ0v) is 16.8. The van der Waals surface area contributed by atoms with Gasteiger partial charge in [-0.25, -0.2) is 0 Å². The van der Waals surface area contributed by atoms with E-state index in [9.17, 15) is 0 Å². The van der Waals surface area contributed by atoms with Crippen molar-refractivity contribution >= 4 is 22.5 Å². The molecule has 1 aromatic heterocycles. The minimum absolute atomic E-state index is 0.263. The number of nitrogens with zero attached hydrogens (tertiary/aromatic N) is 1. The van der Waals surface area contributed by atoms with Crippen LogP contribution in [0.25, 0.3) is 10.9 Å². The third kappa shape index (κ3) is 4.18. The Morgan fingerprint density at radius 1 is 1.00 bits per heavy atom. The molecule has 4 heteroatoms. The largest absolute Gasteiger partial charge is 0.481 e. The Bertz CT molecular complexity index is 1030. The number of hydrogen-bond donors (Lipinski definition) is 0. The molecule has 0 fully saturated rings. The van der Waals surface area contributed by atoms with E-state index in [0.717, 1.165) is 51.4 Å². The van der Waals surface area contributed by atoms with Crippen molar-refractivity contribution in [3.63, 3.8) is 0 Å². The van der Waals surface area contributed by atoms with Crippen LogP contribution in [0.2, 0.25) is 0 Å². The molecule has 0 unspecified atom stereocenters. The fourth-order valence-electron chi connectivity index (χ4n) is 3.15. The van der Waals surface area contributed by atoms with Gasteiger partial charge in [-0.1, -0.05) is 6.92 Å². The molecular weight excluding hydrogens is 358 g/mol. The van der Waals surface area contributed by atoms with Crippen molar-refractivity contribution in [2.24, 2.45) is 0 Å². The molecule has 0 N–H and O–H groups in total. The highest BCUT2D eigenvalue weighted by atomic mass is 35.5. The summed E-state index contributed by atoms with van der Waals surface area (Å²) in [5.41, 5.74) is 5.54. The second kappa shape index (κ2) is 8.33. The highest BCUT2D eigenvalue weighted by Crippen LogP contribution is 2.35. The number of pyridine rings is 1. The molecule has 0 aliphatic carbocycles. The van der Waals surface area contributed by atoms with Crippen LogP contribution in [-0.2, 0) is 6.42 Å². The lowest BCUT2D eigenvalue weighted by molar-refractivity contribution is 0.369. The van der Waals surface area contributed by atoms with E-state index in [0.29, 0.717) is 0 Å². The number of aromatic nitrogens is 1. The molecule has 138 valence electrons. The molecule has 2 aromatic carbocycles. The zero-order chi connectivity index (χ0) is 19.4. The maximum atomic E-state index is 6.19. The van der Waals surface area contributed by atoms with Gasteiger partial charge in [0, 0.05) is 22.0 Å². The van der Waals surface area contributed by atoms with Crippen molar-refractivity contribution in [3.05, 3.63) is 58.8 Å². The van der Waals surface area contributed by atoms with Crippen molar-refractivity contribution in [3.8, 4) is 28.5 Å². The Labute approximate surface area is 165 Å². The zero-order valence-electron chi connectivity index (χ0n) is 16.0. The first-order chi connectivity index (χ1) is 13.0. The normalized spacial score (nSPS) is 10.4. The number of halogens is 1. The summed E-state index contributed by atoms with van der Waals surface area (Å²) in [5, 5.41) is 3.42. The van der Waals surface area contributed by atoms with Crippen molar-refractivity contribution < 1.29 is 9.47 Å². The van der Waals surface area contributed by atoms with Gasteiger partial charge in [0.05, 0.1) is 5.52 Å². The predicted molar refractivity (Wildman–Crippen MR) is 111 cm³/mol. The lowest BCUT2D eigenvalue weighted by Gasteiger charge is -2.16. The average Bonchev–Trinajstić information content (AvgIpc) is 2.67. The van der Waals surface area contributed by atoms with Crippen LogP contribution in [0.4, 0.5) is 0 Å². The summed E-state index contributed by atoms with van der Waals surface area (Å²) >= 11 is 5.32. The molecule has 0 spiro atoms. The Balaban J connectivity index is 1.91. The fraction of sp³-hybridized carbons (Fsp3) is 0.261. The molecule has 0 aliphatic rings. The van der Waals surface area contributed by atoms with Gasteiger partial charge in [-0.05, 0) is 92.2 Å². The van der Waals surface area contributed by atoms with Crippen molar-refractivity contribution in [1.82, 2.24) is 4.98 Å². The third-order valence-corrected chi connectivity index (χ3v) is 4.69. The number of ether oxygens (including phenoxy) is 2. The number of hydrogen-bond acceptors (Lipinski definition) is 3. The molecule has 3 rings (SSSR count). The second-order valence-corrected chi connectivity index (χ2v) is 6.64. The Kier molecular flexibility index (Phi) is 5.88. The first-order valence-corrected chi connectivity index (χ1v) is 9.31. The van der Waals surface area contributed by atoms with Gasteiger partial charge in [-0.2, -0.15) is 0 Å². The summed E-state index contributed by atoms with van der Waals surface area (Å²) in [7, 11) is 0. The van der Waals surface area contributed by atoms with E-state index in [-0.39, 0.29) is 6.61 Å². The summed E-state index contributed by atoms with van der Waals surface area (Å²) < 4.78 is 11.7. The van der Waals surface area contributed by atoms with Gasteiger partial charge in [-0.15, -0.1) is 0 Å². The maximum Gasteiger partial charge on any atom is 0.150 e. The van der Waals surface area contributed by atoms with Gasteiger partial charge in [0.2, 0.25) is 0 Å². The van der Waals surface area contributed by atoms with Crippen LogP contribution in [0.15, 0.2) is 36.4 Å². The summed E-state index contributed by atoms with van der Waals surface area (Å²) in [6, 6.07) is 11.8. The minimum atomic E-state index is 0.263. The smallest absolute Gasteiger partial charge is 0.150 e. The van der Waals surface area contributed by atoms with Gasteiger partial charge in [0.15, 0.2) is 0 Å². The molecular formula is C23H22ClNO2. The number of fused-ring (bicyclic) bond motifs is 1. The Morgan fingerprint density at radius 3 is 2.37 bits per heavy atom. The molecule has 27 heavy (non-hydrogen) atoms. The van der Waals surface area contributed by atoms with Crippen LogP contribution >= 0.6 is 11.6 Å². The Hall–Kier alpha value is -2.70. The van der Waals surface area contributed by atoms with Gasteiger partial charge >= 0.3 is 0 Å². The Morgan fingerprint density at radius 2 is 1.70 bits per heavy atom. The van der Waals surface area contributed by atoms with E-state index in [1.54, 1.807) is 0 Å². The van der Waals surface area contributed by atoms with E-state index < -0.39 is 0 Å². The molecule has 0 aliphatic heterocycles. The van der Waals surface area contributed by atoms with Gasteiger partial charge < -0.3 is 9.47 Å². The second-order valence-electron chi connectivity index (χ2n) is 6.45. The lowest BCUT2D eigenvalue weighted by atomic mass is 10.0. The predicted octanol–water partition coefficient (Wildman–Crippen LogP) is 6.09. The first-order valence-electron chi connectivity index (χ1n) is 8.93. The molecule has 0 radical (unpaired) electrons.